The number of furan rings is 1. The summed E-state index contributed by atoms with van der Waals surface area (Å²) in [6, 6.07) is 110. The molecular weight excluding hydrogens is 1310 g/mol. The topological polar surface area (TPSA) is 100 Å². The molecule has 12 heteroatoms. The molecule has 22 rings (SSSR count). The molecule has 9 nitrogen and oxygen atoms in total. The molecule has 22 aromatic rings. The van der Waals surface area contributed by atoms with E-state index in [1.165, 1.54) is 98.5 Å². The first kappa shape index (κ1) is 58.2. The van der Waals surface area contributed by atoms with E-state index in [9.17, 15) is 0 Å². The van der Waals surface area contributed by atoms with Gasteiger partial charge in [0.1, 0.15) is 11.2 Å². The molecule has 8 aromatic heterocycles. The van der Waals surface area contributed by atoms with E-state index in [1.807, 2.05) is 161 Å². The molecule has 0 aliphatic heterocycles. The standard InChI is InChI=1S/C45H26N4OS.C45H26N4S2/c2*1-3-12-27(13-4-1)43-46-44(28-14-5-2-6-15-28)48-45(47-43)29-16-11-17-30(26-29)49-35-20-9-7-18-33(35)39-36(49)24-22-31-32-23-25-38-40(42(32)51-41(31)39)34-19-8-10-21-37(34)50-38/h2*1-26H. The van der Waals surface area contributed by atoms with Gasteiger partial charge in [0.25, 0.3) is 0 Å². The Bertz CT molecular complexity index is 6590. The van der Waals surface area contributed by atoms with E-state index in [2.05, 4.69) is 197 Å². The predicted octanol–water partition coefficient (Wildman–Crippen LogP) is 24.9. The molecule has 0 amide bonds. The Labute approximate surface area is 594 Å². The smallest absolute Gasteiger partial charge is 0.164 e. The normalized spacial score (nSPS) is 11.9. The highest BCUT2D eigenvalue weighted by molar-refractivity contribution is 7.30. The van der Waals surface area contributed by atoms with Crippen LogP contribution in [0.15, 0.2) is 320 Å². The van der Waals surface area contributed by atoms with Crippen LogP contribution in [0.4, 0.5) is 0 Å². The molecule has 102 heavy (non-hydrogen) atoms. The fraction of sp³-hybridized carbons (Fsp3) is 0. The van der Waals surface area contributed by atoms with Crippen molar-refractivity contribution in [3.8, 4) is 79.7 Å². The summed E-state index contributed by atoms with van der Waals surface area (Å²) < 4.78 is 19.0. The van der Waals surface area contributed by atoms with Crippen LogP contribution < -0.4 is 0 Å². The van der Waals surface area contributed by atoms with Crippen molar-refractivity contribution in [3.05, 3.63) is 315 Å². The van der Waals surface area contributed by atoms with Crippen molar-refractivity contribution in [3.63, 3.8) is 0 Å². The van der Waals surface area contributed by atoms with Crippen LogP contribution in [0, 0.1) is 0 Å². The lowest BCUT2D eigenvalue weighted by Gasteiger charge is -2.11. The Morgan fingerprint density at radius 2 is 0.578 bits per heavy atom. The van der Waals surface area contributed by atoms with E-state index in [4.69, 9.17) is 34.3 Å². The molecule has 0 aliphatic carbocycles. The van der Waals surface area contributed by atoms with Crippen LogP contribution in [0.2, 0.25) is 0 Å². The Balaban J connectivity index is 0.000000133. The highest BCUT2D eigenvalue weighted by Gasteiger charge is 2.24. The van der Waals surface area contributed by atoms with Gasteiger partial charge in [-0.3, -0.25) is 0 Å². The number of fused-ring (bicyclic) bond motifs is 22. The molecule has 0 bridgehead atoms. The molecule has 476 valence electrons. The van der Waals surface area contributed by atoms with E-state index in [0.29, 0.717) is 34.9 Å². The zero-order valence-electron chi connectivity index (χ0n) is 54.2. The third-order valence-corrected chi connectivity index (χ3v) is 23.3. The van der Waals surface area contributed by atoms with Crippen molar-refractivity contribution in [1.29, 1.82) is 0 Å². The first-order valence-corrected chi connectivity index (χ1v) is 36.3. The van der Waals surface area contributed by atoms with Gasteiger partial charge in [-0.05, 0) is 78.9 Å². The van der Waals surface area contributed by atoms with E-state index >= 15 is 0 Å². The number of hydrogen-bond acceptors (Lipinski definition) is 10. The lowest BCUT2D eigenvalue weighted by Crippen LogP contribution is -2.01. The maximum atomic E-state index is 6.28. The SMILES string of the molecule is c1ccc(-c2nc(-c3ccccc3)nc(-c3cccc(-n4c5ccccc5c5c6sc7c(ccc8oc9ccccc9c87)c6ccc54)c3)n2)cc1.c1ccc(-c2nc(-c3ccccc3)nc(-c3cccc(-n4c5ccccc5c5c6sc7c(ccc8sc9ccccc9c87)c6ccc54)c3)n2)cc1. The number of hydrogen-bond donors (Lipinski definition) is 0. The zero-order valence-corrected chi connectivity index (χ0v) is 56.7. The molecule has 0 N–H and O–H groups in total. The Hall–Kier alpha value is -12.8. The number of benzene rings is 14. The Morgan fingerprint density at radius 1 is 0.216 bits per heavy atom. The first-order valence-electron chi connectivity index (χ1n) is 33.9. The Morgan fingerprint density at radius 3 is 1.06 bits per heavy atom. The third-order valence-electron chi connectivity index (χ3n) is 19.7. The van der Waals surface area contributed by atoms with Crippen molar-refractivity contribution >= 4 is 160 Å². The lowest BCUT2D eigenvalue weighted by atomic mass is 10.1. The van der Waals surface area contributed by atoms with Crippen LogP contribution in [-0.2, 0) is 0 Å². The number of thiophene rings is 3. The molecular formula is C90H52N8OS3. The fourth-order valence-corrected chi connectivity index (χ4v) is 19.1. The van der Waals surface area contributed by atoms with Gasteiger partial charge in [0, 0.05) is 138 Å². The quantitative estimate of drug-likeness (QED) is 0.149. The maximum absolute atomic E-state index is 6.28. The van der Waals surface area contributed by atoms with Crippen LogP contribution in [-0.4, -0.2) is 39.0 Å². The summed E-state index contributed by atoms with van der Waals surface area (Å²) >= 11 is 5.67. The lowest BCUT2D eigenvalue weighted by molar-refractivity contribution is 0.669. The number of aromatic nitrogens is 8. The summed E-state index contributed by atoms with van der Waals surface area (Å²) in [7, 11) is 0. The van der Waals surface area contributed by atoms with Crippen LogP contribution in [0.3, 0.4) is 0 Å². The molecule has 14 aromatic carbocycles. The zero-order chi connectivity index (χ0) is 66.9. The molecule has 0 spiro atoms. The molecule has 0 unspecified atom stereocenters. The minimum absolute atomic E-state index is 0.633. The second-order valence-electron chi connectivity index (χ2n) is 25.6. The summed E-state index contributed by atoms with van der Waals surface area (Å²) in [6.07, 6.45) is 0. The van der Waals surface area contributed by atoms with E-state index < -0.39 is 0 Å². The van der Waals surface area contributed by atoms with Crippen molar-refractivity contribution in [2.45, 2.75) is 0 Å². The molecule has 0 atom stereocenters. The second kappa shape index (κ2) is 23.4. The number of nitrogens with zero attached hydrogens (tertiary/aromatic N) is 8. The second-order valence-corrected chi connectivity index (χ2v) is 28.7. The average molecular weight is 1360 g/mol. The summed E-state index contributed by atoms with van der Waals surface area (Å²) in [5, 5.41) is 15.2. The monoisotopic (exact) mass is 1360 g/mol. The van der Waals surface area contributed by atoms with Crippen molar-refractivity contribution in [1.82, 2.24) is 39.0 Å². The van der Waals surface area contributed by atoms with Gasteiger partial charge in [-0.15, -0.1) is 34.0 Å². The summed E-state index contributed by atoms with van der Waals surface area (Å²) in [6.45, 7) is 0. The van der Waals surface area contributed by atoms with E-state index in [1.54, 1.807) is 0 Å². The molecule has 0 saturated carbocycles. The van der Waals surface area contributed by atoms with Crippen molar-refractivity contribution in [2.24, 2.45) is 0 Å². The molecule has 0 saturated heterocycles. The maximum Gasteiger partial charge on any atom is 0.164 e. The third kappa shape index (κ3) is 9.34. The molecule has 0 aliphatic rings. The van der Waals surface area contributed by atoms with Gasteiger partial charge in [0.15, 0.2) is 34.9 Å². The summed E-state index contributed by atoms with van der Waals surface area (Å²) in [5.74, 6) is 3.88. The van der Waals surface area contributed by atoms with Crippen molar-refractivity contribution in [2.75, 3.05) is 0 Å². The van der Waals surface area contributed by atoms with Gasteiger partial charge in [0.05, 0.1) is 22.1 Å². The number of para-hydroxylation sites is 3. The number of rotatable bonds is 8. The Kier molecular flexibility index (Phi) is 13.3. The fourth-order valence-electron chi connectivity index (χ4n) is 15.1. The van der Waals surface area contributed by atoms with Crippen molar-refractivity contribution < 1.29 is 4.42 Å². The minimum Gasteiger partial charge on any atom is -0.456 e. The van der Waals surface area contributed by atoms with Gasteiger partial charge in [0.2, 0.25) is 0 Å². The molecule has 8 heterocycles. The highest BCUT2D eigenvalue weighted by Crippen LogP contribution is 2.50. The van der Waals surface area contributed by atoms with Gasteiger partial charge < -0.3 is 13.6 Å². The predicted molar refractivity (Wildman–Crippen MR) is 427 cm³/mol. The van der Waals surface area contributed by atoms with Crippen LogP contribution in [0.1, 0.15) is 0 Å². The van der Waals surface area contributed by atoms with Crippen LogP contribution in [0.5, 0.6) is 0 Å². The van der Waals surface area contributed by atoms with Gasteiger partial charge >= 0.3 is 0 Å². The average Bonchev–Trinajstić information content (AvgIpc) is 1.55. The van der Waals surface area contributed by atoms with E-state index in [-0.39, 0.29) is 0 Å². The molecule has 0 radical (unpaired) electrons. The van der Waals surface area contributed by atoms with Gasteiger partial charge in [-0.2, -0.15) is 0 Å². The summed E-state index contributed by atoms with van der Waals surface area (Å²) in [5.41, 5.74) is 14.3. The van der Waals surface area contributed by atoms with Crippen LogP contribution >= 0.6 is 34.0 Å². The van der Waals surface area contributed by atoms with Gasteiger partial charge in [-0.1, -0.05) is 237 Å². The summed E-state index contributed by atoms with van der Waals surface area (Å²) in [4.78, 5) is 29.9. The minimum atomic E-state index is 0.633. The highest BCUT2D eigenvalue weighted by atomic mass is 32.1. The van der Waals surface area contributed by atoms with E-state index in [0.717, 1.165) is 72.3 Å². The van der Waals surface area contributed by atoms with Gasteiger partial charge in [-0.25, -0.2) is 29.9 Å². The largest absolute Gasteiger partial charge is 0.456 e. The molecule has 0 fully saturated rings. The first-order chi connectivity index (χ1) is 50.6. The van der Waals surface area contributed by atoms with Crippen LogP contribution in [0.25, 0.3) is 206 Å².